The molecule has 0 unspecified atom stereocenters. The smallest absolute Gasteiger partial charge is 0.267 e. The molecule has 0 saturated carbocycles. The molecular formula is C21H16N6OS2. The number of fused-ring (bicyclic) bond motifs is 1. The van der Waals surface area contributed by atoms with Crippen LogP contribution in [0.2, 0.25) is 0 Å². The van der Waals surface area contributed by atoms with Crippen LogP contribution in [0.1, 0.15) is 21.2 Å². The molecule has 1 aromatic carbocycles. The second-order valence-corrected chi connectivity index (χ2v) is 8.63. The molecule has 4 aromatic heterocycles. The highest BCUT2D eigenvalue weighted by atomic mass is 32.1. The number of rotatable bonds is 4. The molecule has 5 aromatic rings. The second kappa shape index (κ2) is 7.43. The fourth-order valence-corrected chi connectivity index (χ4v) is 4.87. The average Bonchev–Trinajstić information content (AvgIpc) is 3.48. The zero-order chi connectivity index (χ0) is 20.7. The Bertz CT molecular complexity index is 1370. The maximum atomic E-state index is 12.9. The first-order valence-corrected chi connectivity index (χ1v) is 10.9. The fraction of sp³-hybridized carbons (Fsp3) is 0.0952. The van der Waals surface area contributed by atoms with Crippen LogP contribution in [0.3, 0.4) is 0 Å². The number of amides is 1. The molecule has 1 amide bonds. The topological polar surface area (TPSA) is 85.1 Å². The van der Waals surface area contributed by atoms with Crippen molar-refractivity contribution in [3.63, 3.8) is 0 Å². The Labute approximate surface area is 180 Å². The number of hydrogen-bond donors (Lipinski definition) is 1. The zero-order valence-electron chi connectivity index (χ0n) is 16.2. The van der Waals surface area contributed by atoms with E-state index < -0.39 is 0 Å². The lowest BCUT2D eigenvalue weighted by molar-refractivity contribution is 0.103. The molecule has 4 heterocycles. The van der Waals surface area contributed by atoms with Crippen molar-refractivity contribution >= 4 is 39.9 Å². The molecule has 0 saturated heterocycles. The predicted octanol–water partition coefficient (Wildman–Crippen LogP) is 4.85. The summed E-state index contributed by atoms with van der Waals surface area (Å²) in [6, 6.07) is 15.4. The quantitative estimate of drug-likeness (QED) is 0.439. The number of aromatic nitrogens is 5. The third kappa shape index (κ3) is 3.38. The Morgan fingerprint density at radius 2 is 1.97 bits per heavy atom. The number of anilines is 1. The van der Waals surface area contributed by atoms with Gasteiger partial charge in [-0.15, -0.1) is 32.9 Å². The van der Waals surface area contributed by atoms with Crippen molar-refractivity contribution in [1.29, 1.82) is 0 Å². The summed E-state index contributed by atoms with van der Waals surface area (Å²) in [4.78, 5) is 19.1. The van der Waals surface area contributed by atoms with Gasteiger partial charge in [0.1, 0.15) is 9.88 Å². The van der Waals surface area contributed by atoms with Crippen molar-refractivity contribution in [3.8, 4) is 21.1 Å². The van der Waals surface area contributed by atoms with E-state index >= 15 is 0 Å². The maximum absolute atomic E-state index is 12.9. The number of benzene rings is 1. The maximum Gasteiger partial charge on any atom is 0.267 e. The summed E-state index contributed by atoms with van der Waals surface area (Å²) in [6.45, 7) is 3.72. The van der Waals surface area contributed by atoms with Gasteiger partial charge in [-0.25, -0.2) is 4.98 Å². The van der Waals surface area contributed by atoms with E-state index in [0.717, 1.165) is 32.7 Å². The first-order chi connectivity index (χ1) is 14.6. The molecule has 0 fully saturated rings. The summed E-state index contributed by atoms with van der Waals surface area (Å²) in [5.41, 5.74) is 3.79. The number of aryl methyl sites for hydroxylation is 2. The Kier molecular flexibility index (Phi) is 4.61. The minimum absolute atomic E-state index is 0.164. The lowest BCUT2D eigenvalue weighted by Crippen LogP contribution is -2.11. The van der Waals surface area contributed by atoms with Crippen LogP contribution in [0.4, 0.5) is 5.69 Å². The predicted molar refractivity (Wildman–Crippen MR) is 119 cm³/mol. The summed E-state index contributed by atoms with van der Waals surface area (Å²) in [5.74, 6) is 0.557. The van der Waals surface area contributed by atoms with Crippen LogP contribution in [0.5, 0.6) is 0 Å². The highest BCUT2D eigenvalue weighted by Crippen LogP contribution is 2.31. The Morgan fingerprint density at radius 3 is 2.80 bits per heavy atom. The van der Waals surface area contributed by atoms with Crippen LogP contribution in [0, 0.1) is 13.8 Å². The van der Waals surface area contributed by atoms with E-state index in [2.05, 4.69) is 25.6 Å². The van der Waals surface area contributed by atoms with Gasteiger partial charge in [0.05, 0.1) is 16.3 Å². The number of thiophene rings is 1. The molecule has 9 heteroatoms. The molecule has 0 aliphatic carbocycles. The molecule has 1 N–H and O–H groups in total. The molecule has 5 rings (SSSR count). The molecule has 0 bridgehead atoms. The van der Waals surface area contributed by atoms with Crippen LogP contribution >= 0.6 is 22.7 Å². The van der Waals surface area contributed by atoms with E-state index in [0.29, 0.717) is 16.2 Å². The standard InChI is InChI=1S/C21H16N6OS2/c1-12-19(30-21(22-12)17-7-4-10-29-17)20(28)23-15-6-3-5-14(11-15)16-8-9-18-25-24-13(2)27(18)26-16/h3-11H,1-2H3,(H,23,28). The third-order valence-electron chi connectivity index (χ3n) is 4.57. The molecule has 0 aliphatic heterocycles. The molecular weight excluding hydrogens is 416 g/mol. The van der Waals surface area contributed by atoms with E-state index in [-0.39, 0.29) is 5.91 Å². The first-order valence-electron chi connectivity index (χ1n) is 9.20. The molecule has 0 atom stereocenters. The van der Waals surface area contributed by atoms with Gasteiger partial charge in [-0.1, -0.05) is 18.2 Å². The zero-order valence-corrected chi connectivity index (χ0v) is 17.8. The minimum atomic E-state index is -0.164. The van der Waals surface area contributed by atoms with Gasteiger partial charge in [-0.2, -0.15) is 9.61 Å². The molecule has 0 aliphatic rings. The van der Waals surface area contributed by atoms with E-state index in [4.69, 9.17) is 0 Å². The van der Waals surface area contributed by atoms with Crippen LogP contribution in [-0.4, -0.2) is 30.7 Å². The van der Waals surface area contributed by atoms with Crippen LogP contribution in [0.15, 0.2) is 53.9 Å². The van der Waals surface area contributed by atoms with Gasteiger partial charge >= 0.3 is 0 Å². The van der Waals surface area contributed by atoms with Crippen LogP contribution in [0.25, 0.3) is 26.8 Å². The summed E-state index contributed by atoms with van der Waals surface area (Å²) in [5, 5.41) is 18.6. The number of nitrogens with one attached hydrogen (secondary N) is 1. The van der Waals surface area contributed by atoms with Crippen molar-refractivity contribution in [1.82, 2.24) is 24.8 Å². The largest absolute Gasteiger partial charge is 0.321 e. The number of thiazole rings is 1. The Balaban J connectivity index is 1.42. The Morgan fingerprint density at radius 1 is 1.07 bits per heavy atom. The molecule has 30 heavy (non-hydrogen) atoms. The SMILES string of the molecule is Cc1nc(-c2cccs2)sc1C(=O)Nc1cccc(-c2ccc3nnc(C)n3n2)c1. The summed E-state index contributed by atoms with van der Waals surface area (Å²) in [7, 11) is 0. The second-order valence-electron chi connectivity index (χ2n) is 6.68. The lowest BCUT2D eigenvalue weighted by Gasteiger charge is -2.07. The van der Waals surface area contributed by atoms with Gasteiger partial charge in [0, 0.05) is 11.3 Å². The number of carbonyl (C=O) groups is 1. The van der Waals surface area contributed by atoms with Crippen LogP contribution < -0.4 is 5.32 Å². The third-order valence-corrected chi connectivity index (χ3v) is 6.76. The summed E-state index contributed by atoms with van der Waals surface area (Å²) >= 11 is 3.02. The highest BCUT2D eigenvalue weighted by molar-refractivity contribution is 7.22. The van der Waals surface area contributed by atoms with Gasteiger partial charge < -0.3 is 5.32 Å². The first kappa shape index (κ1) is 18.6. The molecule has 7 nitrogen and oxygen atoms in total. The van der Waals surface area contributed by atoms with E-state index in [1.54, 1.807) is 15.9 Å². The molecule has 148 valence electrons. The number of carbonyl (C=O) groups excluding carboxylic acids is 1. The monoisotopic (exact) mass is 432 g/mol. The van der Waals surface area contributed by atoms with Crippen molar-refractivity contribution in [3.05, 3.63) is 70.3 Å². The van der Waals surface area contributed by atoms with Gasteiger partial charge in [-0.3, -0.25) is 4.79 Å². The molecule has 0 radical (unpaired) electrons. The van der Waals surface area contributed by atoms with Gasteiger partial charge in [0.25, 0.3) is 5.91 Å². The van der Waals surface area contributed by atoms with Gasteiger partial charge in [-0.05, 0) is 49.6 Å². The van der Waals surface area contributed by atoms with Gasteiger partial charge in [0.2, 0.25) is 0 Å². The van der Waals surface area contributed by atoms with E-state index in [9.17, 15) is 4.79 Å². The lowest BCUT2D eigenvalue weighted by atomic mass is 10.1. The average molecular weight is 433 g/mol. The van der Waals surface area contributed by atoms with Crippen molar-refractivity contribution in [2.75, 3.05) is 5.32 Å². The Hall–Kier alpha value is -3.43. The molecule has 0 spiro atoms. The number of nitrogens with zero attached hydrogens (tertiary/aromatic N) is 5. The van der Waals surface area contributed by atoms with Crippen molar-refractivity contribution in [2.45, 2.75) is 13.8 Å². The number of hydrogen-bond acceptors (Lipinski definition) is 7. The van der Waals surface area contributed by atoms with Gasteiger partial charge in [0.15, 0.2) is 11.5 Å². The summed E-state index contributed by atoms with van der Waals surface area (Å²) < 4.78 is 1.70. The van der Waals surface area contributed by atoms with Crippen LogP contribution in [-0.2, 0) is 0 Å². The normalized spacial score (nSPS) is 11.1. The fourth-order valence-electron chi connectivity index (χ4n) is 3.11. The summed E-state index contributed by atoms with van der Waals surface area (Å²) in [6.07, 6.45) is 0. The highest BCUT2D eigenvalue weighted by Gasteiger charge is 2.17. The van der Waals surface area contributed by atoms with E-state index in [1.807, 2.05) is 67.8 Å². The van der Waals surface area contributed by atoms with Crippen molar-refractivity contribution in [2.24, 2.45) is 0 Å². The minimum Gasteiger partial charge on any atom is -0.321 e. The van der Waals surface area contributed by atoms with E-state index in [1.165, 1.54) is 11.3 Å². The van der Waals surface area contributed by atoms with Crippen molar-refractivity contribution < 1.29 is 4.79 Å².